The highest BCUT2D eigenvalue weighted by Gasteiger charge is 2.81. The Hall–Kier alpha value is -1.48. The minimum absolute atomic E-state index is 0.00426. The van der Waals surface area contributed by atoms with Crippen molar-refractivity contribution < 1.29 is 38.4 Å². The number of fused-ring (bicyclic) bond motifs is 3. The highest BCUT2D eigenvalue weighted by Crippen LogP contribution is 2.74. The Labute approximate surface area is 161 Å². The van der Waals surface area contributed by atoms with E-state index in [1.165, 1.54) is 6.08 Å². The third kappa shape index (κ3) is 1.66. The molecule has 7 rings (SSSR count). The summed E-state index contributed by atoms with van der Waals surface area (Å²) in [5.41, 5.74) is -0.250. The average Bonchev–Trinajstić information content (AvgIpc) is 3.00. The molecule has 0 aromatic heterocycles. The molecule has 0 radical (unpaired) electrons. The van der Waals surface area contributed by atoms with Gasteiger partial charge in [0.2, 0.25) is 6.29 Å². The number of esters is 2. The zero-order valence-corrected chi connectivity index (χ0v) is 15.4. The molecule has 8 nitrogen and oxygen atoms in total. The molecule has 0 amide bonds. The summed E-state index contributed by atoms with van der Waals surface area (Å²) in [6.45, 7) is 2.61. The van der Waals surface area contributed by atoms with Crippen LogP contribution in [-0.2, 0) is 33.3 Å². The monoisotopic (exact) mass is 390 g/mol. The van der Waals surface area contributed by atoms with Crippen molar-refractivity contribution in [2.75, 3.05) is 6.61 Å². The Kier molecular flexibility index (Phi) is 2.80. The number of hydrogen-bond acceptors (Lipinski definition) is 8. The number of carbonyl (C=O) groups excluding carboxylic acids is 2. The van der Waals surface area contributed by atoms with Gasteiger partial charge in [-0.1, -0.05) is 6.92 Å². The van der Waals surface area contributed by atoms with Gasteiger partial charge in [-0.05, 0) is 31.3 Å². The van der Waals surface area contributed by atoms with Crippen LogP contribution >= 0.6 is 0 Å². The molecule has 5 heterocycles. The number of hydrogen-bond donors (Lipinski definition) is 1. The van der Waals surface area contributed by atoms with Gasteiger partial charge in [-0.15, -0.1) is 0 Å². The summed E-state index contributed by atoms with van der Waals surface area (Å²) in [7, 11) is 0. The second-order valence-corrected chi connectivity index (χ2v) is 9.60. The Balaban J connectivity index is 1.34. The molecule has 7 aliphatic rings. The first-order chi connectivity index (χ1) is 13.4. The Bertz CT molecular complexity index is 838. The average molecular weight is 390 g/mol. The summed E-state index contributed by atoms with van der Waals surface area (Å²) in [5, 5.41) is 9.67. The molecular weight excluding hydrogens is 368 g/mol. The van der Waals surface area contributed by atoms with Gasteiger partial charge >= 0.3 is 11.9 Å². The lowest BCUT2D eigenvalue weighted by Gasteiger charge is -2.54. The van der Waals surface area contributed by atoms with E-state index in [1.54, 1.807) is 0 Å². The SMILES string of the molecule is C[C@@H]1[C@H]2C[C@@]34COC(=O)[C@H]3C[C@H]3O[C@H]3[C@H]4[C@@]13C[C@H](C1=C[C@@H](O)OC1=O)O[C@H]3O2. The van der Waals surface area contributed by atoms with Gasteiger partial charge in [0.25, 0.3) is 0 Å². The van der Waals surface area contributed by atoms with Crippen LogP contribution < -0.4 is 0 Å². The van der Waals surface area contributed by atoms with E-state index < -0.39 is 24.7 Å². The van der Waals surface area contributed by atoms with Gasteiger partial charge in [0.1, 0.15) is 0 Å². The van der Waals surface area contributed by atoms with Crippen LogP contribution in [0.25, 0.3) is 0 Å². The van der Waals surface area contributed by atoms with Gasteiger partial charge in [-0.25, -0.2) is 4.79 Å². The van der Waals surface area contributed by atoms with E-state index in [0.29, 0.717) is 18.6 Å². The maximum atomic E-state index is 12.5. The van der Waals surface area contributed by atoms with Crippen LogP contribution in [-0.4, -0.2) is 60.6 Å². The molecule has 5 aliphatic heterocycles. The van der Waals surface area contributed by atoms with Crippen molar-refractivity contribution in [3.05, 3.63) is 11.6 Å². The fourth-order valence-electron chi connectivity index (χ4n) is 7.58. The van der Waals surface area contributed by atoms with Crippen LogP contribution in [0.2, 0.25) is 0 Å². The number of rotatable bonds is 1. The van der Waals surface area contributed by atoms with Crippen LogP contribution in [0.1, 0.15) is 26.2 Å². The highest BCUT2D eigenvalue weighted by molar-refractivity contribution is 5.92. The highest BCUT2D eigenvalue weighted by atomic mass is 16.7. The molecule has 2 spiro atoms. The third-order valence-corrected chi connectivity index (χ3v) is 8.76. The minimum atomic E-state index is -1.22. The Morgan fingerprint density at radius 2 is 2.00 bits per heavy atom. The van der Waals surface area contributed by atoms with Gasteiger partial charge in [-0.3, -0.25) is 4.79 Å². The van der Waals surface area contributed by atoms with E-state index in [9.17, 15) is 14.7 Å². The van der Waals surface area contributed by atoms with Crippen molar-refractivity contribution >= 4 is 11.9 Å². The molecule has 2 saturated carbocycles. The lowest BCUT2D eigenvalue weighted by molar-refractivity contribution is -0.157. The predicted octanol–water partition coefficient (Wildman–Crippen LogP) is 0.275. The van der Waals surface area contributed by atoms with E-state index in [4.69, 9.17) is 23.7 Å². The molecule has 4 saturated heterocycles. The summed E-state index contributed by atoms with van der Waals surface area (Å²) in [4.78, 5) is 24.7. The second-order valence-electron chi connectivity index (χ2n) is 9.60. The molecule has 8 heteroatoms. The minimum Gasteiger partial charge on any atom is -0.465 e. The van der Waals surface area contributed by atoms with E-state index in [-0.39, 0.29) is 52.9 Å². The summed E-state index contributed by atoms with van der Waals surface area (Å²) in [5.74, 6) is -0.471. The molecule has 150 valence electrons. The largest absolute Gasteiger partial charge is 0.465 e. The van der Waals surface area contributed by atoms with E-state index in [1.807, 2.05) is 0 Å². The third-order valence-electron chi connectivity index (χ3n) is 8.76. The maximum Gasteiger partial charge on any atom is 0.339 e. The van der Waals surface area contributed by atoms with Gasteiger partial charge in [0.15, 0.2) is 6.29 Å². The van der Waals surface area contributed by atoms with Gasteiger partial charge in [0, 0.05) is 16.7 Å². The maximum absolute atomic E-state index is 12.5. The Morgan fingerprint density at radius 1 is 1.14 bits per heavy atom. The summed E-state index contributed by atoms with van der Waals surface area (Å²) >= 11 is 0. The summed E-state index contributed by atoms with van der Waals surface area (Å²) in [6, 6.07) is 0. The van der Waals surface area contributed by atoms with E-state index >= 15 is 0 Å². The zero-order valence-electron chi connectivity index (χ0n) is 15.4. The van der Waals surface area contributed by atoms with E-state index in [2.05, 4.69) is 6.92 Å². The smallest absolute Gasteiger partial charge is 0.339 e. The van der Waals surface area contributed by atoms with Gasteiger partial charge in [-0.2, -0.15) is 0 Å². The lowest BCUT2D eigenvalue weighted by Crippen LogP contribution is -2.60. The molecule has 6 fully saturated rings. The van der Waals surface area contributed by atoms with Crippen molar-refractivity contribution in [1.29, 1.82) is 0 Å². The topological polar surface area (TPSA) is 104 Å². The molecule has 0 aromatic carbocycles. The molecule has 1 N–H and O–H groups in total. The molecule has 0 unspecified atom stereocenters. The number of ether oxygens (including phenoxy) is 5. The first kappa shape index (κ1) is 16.3. The number of epoxide rings is 1. The van der Waals surface area contributed by atoms with Crippen molar-refractivity contribution in [1.82, 2.24) is 0 Å². The summed E-state index contributed by atoms with van der Waals surface area (Å²) < 4.78 is 29.2. The van der Waals surface area contributed by atoms with Crippen LogP contribution in [0.5, 0.6) is 0 Å². The van der Waals surface area contributed by atoms with E-state index in [0.717, 1.165) is 12.8 Å². The fourth-order valence-corrected chi connectivity index (χ4v) is 7.58. The van der Waals surface area contributed by atoms with Crippen LogP contribution in [0.15, 0.2) is 11.6 Å². The second kappa shape index (κ2) is 4.80. The normalized spacial score (nSPS) is 60.4. The number of carbonyl (C=O) groups is 2. The van der Waals surface area contributed by atoms with Crippen molar-refractivity contribution in [3.63, 3.8) is 0 Å². The first-order valence-corrected chi connectivity index (χ1v) is 10.2. The van der Waals surface area contributed by atoms with Crippen molar-refractivity contribution in [3.8, 4) is 0 Å². The predicted molar refractivity (Wildman–Crippen MR) is 88.2 cm³/mol. The summed E-state index contributed by atoms with van der Waals surface area (Å²) in [6.07, 6.45) is 1.59. The van der Waals surface area contributed by atoms with Crippen LogP contribution in [0.3, 0.4) is 0 Å². The number of aliphatic hydroxyl groups excluding tert-OH is 1. The number of aliphatic hydroxyl groups is 1. The lowest BCUT2D eigenvalue weighted by atomic mass is 9.44. The Morgan fingerprint density at radius 3 is 2.79 bits per heavy atom. The number of cyclic esters (lactones) is 2. The molecule has 2 bridgehead atoms. The molecule has 28 heavy (non-hydrogen) atoms. The van der Waals surface area contributed by atoms with Crippen molar-refractivity contribution in [2.45, 2.75) is 63.2 Å². The van der Waals surface area contributed by atoms with Crippen molar-refractivity contribution in [2.24, 2.45) is 28.6 Å². The van der Waals surface area contributed by atoms with Gasteiger partial charge < -0.3 is 28.8 Å². The van der Waals surface area contributed by atoms with Crippen LogP contribution in [0, 0.1) is 28.6 Å². The quantitative estimate of drug-likeness (QED) is 0.503. The van der Waals surface area contributed by atoms with Crippen LogP contribution in [0.4, 0.5) is 0 Å². The molecular formula is C20H22O8. The first-order valence-electron chi connectivity index (χ1n) is 10.2. The molecule has 0 aromatic rings. The standard InChI is InChI=1S/C20H22O8/c1-7-11-4-19-6-24-17(23)9(19)3-10-14(25-10)15(19)20(7)5-12(27-18(20)26-11)8-2-13(21)28-16(8)22/h2,7,9-15,18,21H,3-6H2,1H3/t7-,9-,10-,11-,12-,13+,14-,15-,18-,19-,20-/m1/s1. The fraction of sp³-hybridized carbons (Fsp3) is 0.800. The zero-order chi connectivity index (χ0) is 19.0. The molecule has 11 atom stereocenters. The van der Waals surface area contributed by atoms with Gasteiger partial charge in [0.05, 0.1) is 42.5 Å². The molecule has 2 aliphatic carbocycles.